The molecule has 2 aromatic heterocycles. The van der Waals surface area contributed by atoms with Gasteiger partial charge < -0.3 is 20.5 Å². The molecule has 5 rings (SSSR count). The number of nitrogens with one attached hydrogen (secondary N) is 1. The summed E-state index contributed by atoms with van der Waals surface area (Å²) in [6, 6.07) is 7.72. The molecule has 1 aromatic carbocycles. The number of likely N-dealkylation sites (tertiary alicyclic amines) is 1. The predicted molar refractivity (Wildman–Crippen MR) is 123 cm³/mol. The molecule has 0 unspecified atom stereocenters. The van der Waals surface area contributed by atoms with Gasteiger partial charge in [-0.15, -0.1) is 0 Å². The van der Waals surface area contributed by atoms with Crippen LogP contribution in [0.5, 0.6) is 0 Å². The molecule has 0 spiro atoms. The Bertz CT molecular complexity index is 1220. The van der Waals surface area contributed by atoms with E-state index in [0.717, 1.165) is 60.2 Å². The van der Waals surface area contributed by atoms with Crippen LogP contribution in [-0.2, 0) is 11.8 Å². The SMILES string of the molecule is C=CC(=O)N[C@H]1C[C@H]1c1c(-c2ccc(C(=O)N3CCCC3)cc2)c2c(N)ncnc2n1C. The van der Waals surface area contributed by atoms with Crippen molar-refractivity contribution in [3.63, 3.8) is 0 Å². The minimum atomic E-state index is -0.179. The molecule has 8 heteroatoms. The van der Waals surface area contributed by atoms with Gasteiger partial charge in [-0.1, -0.05) is 18.7 Å². The van der Waals surface area contributed by atoms with Crippen molar-refractivity contribution in [3.05, 3.63) is 54.5 Å². The van der Waals surface area contributed by atoms with Crippen molar-refractivity contribution in [2.24, 2.45) is 7.05 Å². The summed E-state index contributed by atoms with van der Waals surface area (Å²) in [5, 5.41) is 3.78. The molecule has 1 saturated carbocycles. The van der Waals surface area contributed by atoms with Crippen LogP contribution in [0.4, 0.5) is 5.82 Å². The van der Waals surface area contributed by atoms with Crippen LogP contribution in [0, 0.1) is 0 Å². The second kappa shape index (κ2) is 7.78. The number of hydrogen-bond donors (Lipinski definition) is 2. The highest BCUT2D eigenvalue weighted by Gasteiger charge is 2.43. The molecule has 0 bridgehead atoms. The maximum Gasteiger partial charge on any atom is 0.253 e. The summed E-state index contributed by atoms with van der Waals surface area (Å²) >= 11 is 0. The minimum Gasteiger partial charge on any atom is -0.383 e. The lowest BCUT2D eigenvalue weighted by Crippen LogP contribution is -2.27. The molecule has 2 atom stereocenters. The number of rotatable bonds is 5. The molecule has 164 valence electrons. The van der Waals surface area contributed by atoms with Crippen LogP contribution in [-0.4, -0.2) is 50.4 Å². The van der Waals surface area contributed by atoms with E-state index in [1.54, 1.807) is 0 Å². The first-order valence-electron chi connectivity index (χ1n) is 10.9. The largest absolute Gasteiger partial charge is 0.383 e. The minimum absolute atomic E-state index is 0.0347. The van der Waals surface area contributed by atoms with E-state index in [-0.39, 0.29) is 23.8 Å². The molecule has 3 N–H and O–H groups in total. The highest BCUT2D eigenvalue weighted by Crippen LogP contribution is 2.48. The van der Waals surface area contributed by atoms with Gasteiger partial charge in [-0.05, 0) is 43.0 Å². The molecule has 0 radical (unpaired) electrons. The van der Waals surface area contributed by atoms with Gasteiger partial charge in [0.05, 0.1) is 5.39 Å². The number of carbonyl (C=O) groups is 2. The molecule has 1 aliphatic heterocycles. The Morgan fingerprint density at radius 3 is 2.59 bits per heavy atom. The van der Waals surface area contributed by atoms with E-state index in [2.05, 4.69) is 21.9 Å². The third-order valence-corrected chi connectivity index (χ3v) is 6.51. The van der Waals surface area contributed by atoms with Crippen LogP contribution in [0.15, 0.2) is 43.2 Å². The Hall–Kier alpha value is -3.68. The Morgan fingerprint density at radius 2 is 1.91 bits per heavy atom. The summed E-state index contributed by atoms with van der Waals surface area (Å²) < 4.78 is 2.04. The first kappa shape index (κ1) is 20.2. The quantitative estimate of drug-likeness (QED) is 0.605. The highest BCUT2D eigenvalue weighted by molar-refractivity contribution is 6.03. The number of nitrogens with two attached hydrogens (primary N) is 1. The Labute approximate surface area is 186 Å². The lowest BCUT2D eigenvalue weighted by atomic mass is 9.99. The number of nitrogens with zero attached hydrogens (tertiary/aromatic N) is 4. The van der Waals surface area contributed by atoms with Gasteiger partial charge >= 0.3 is 0 Å². The number of hydrogen-bond acceptors (Lipinski definition) is 5. The second-order valence-electron chi connectivity index (χ2n) is 8.51. The Kier molecular flexibility index (Phi) is 4.92. The molecule has 1 aliphatic carbocycles. The number of amides is 2. The number of benzene rings is 1. The fraction of sp³-hybridized carbons (Fsp3) is 0.333. The number of nitrogen functional groups attached to an aromatic ring is 1. The summed E-state index contributed by atoms with van der Waals surface area (Å²) in [5.41, 5.74) is 10.7. The van der Waals surface area contributed by atoms with Crippen molar-refractivity contribution in [3.8, 4) is 11.1 Å². The van der Waals surface area contributed by atoms with E-state index in [9.17, 15) is 9.59 Å². The normalized spacial score (nSPS) is 19.8. The summed E-state index contributed by atoms with van der Waals surface area (Å²) in [5.74, 6) is 0.445. The molecule has 32 heavy (non-hydrogen) atoms. The Morgan fingerprint density at radius 1 is 1.19 bits per heavy atom. The third kappa shape index (κ3) is 3.32. The standard InChI is InChI=1S/C24H26N6O2/c1-3-18(31)28-17-12-16(17)21-19(20-22(25)26-13-27-23(20)29(21)2)14-6-8-15(9-7-14)24(32)30-10-4-5-11-30/h3,6-9,13,16-17H,1,4-5,10-12H2,2H3,(H,28,31)(H2,25,26,27)/t16-,17+/m1/s1. The van der Waals surface area contributed by atoms with E-state index in [4.69, 9.17) is 5.73 Å². The van der Waals surface area contributed by atoms with E-state index >= 15 is 0 Å². The fourth-order valence-electron chi connectivity index (χ4n) is 4.80. The van der Waals surface area contributed by atoms with E-state index < -0.39 is 0 Å². The topological polar surface area (TPSA) is 106 Å². The van der Waals surface area contributed by atoms with Gasteiger partial charge in [-0.3, -0.25) is 9.59 Å². The monoisotopic (exact) mass is 430 g/mol. The number of fused-ring (bicyclic) bond motifs is 1. The summed E-state index contributed by atoms with van der Waals surface area (Å²) in [6.07, 6.45) is 5.71. The fourth-order valence-corrected chi connectivity index (χ4v) is 4.80. The van der Waals surface area contributed by atoms with E-state index in [1.807, 2.05) is 40.8 Å². The first-order chi connectivity index (χ1) is 15.5. The second-order valence-corrected chi connectivity index (χ2v) is 8.51. The van der Waals surface area contributed by atoms with Crippen LogP contribution in [0.2, 0.25) is 0 Å². The zero-order chi connectivity index (χ0) is 22.4. The average Bonchev–Trinajstić information content (AvgIpc) is 3.21. The first-order valence-corrected chi connectivity index (χ1v) is 10.9. The van der Waals surface area contributed by atoms with Crippen molar-refractivity contribution >= 4 is 28.7 Å². The summed E-state index contributed by atoms with van der Waals surface area (Å²) in [7, 11) is 1.96. The molecular weight excluding hydrogens is 404 g/mol. The van der Waals surface area contributed by atoms with Crippen molar-refractivity contribution in [1.82, 2.24) is 24.8 Å². The van der Waals surface area contributed by atoms with Gasteiger partial charge in [0.25, 0.3) is 5.91 Å². The molecule has 3 heterocycles. The van der Waals surface area contributed by atoms with Gasteiger partial charge in [0.15, 0.2) is 0 Å². The third-order valence-electron chi connectivity index (χ3n) is 6.51. The smallest absolute Gasteiger partial charge is 0.253 e. The number of carbonyl (C=O) groups excluding carboxylic acids is 2. The molecule has 8 nitrogen and oxygen atoms in total. The van der Waals surface area contributed by atoms with Crippen LogP contribution >= 0.6 is 0 Å². The lowest BCUT2D eigenvalue weighted by molar-refractivity contribution is -0.116. The molecule has 2 amide bonds. The van der Waals surface area contributed by atoms with Crippen molar-refractivity contribution in [2.75, 3.05) is 18.8 Å². The van der Waals surface area contributed by atoms with Crippen molar-refractivity contribution in [2.45, 2.75) is 31.2 Å². The molecule has 3 aromatic rings. The van der Waals surface area contributed by atoms with Crippen LogP contribution in [0.25, 0.3) is 22.2 Å². The zero-order valence-corrected chi connectivity index (χ0v) is 18.0. The average molecular weight is 431 g/mol. The predicted octanol–water partition coefficient (Wildman–Crippen LogP) is 2.61. The van der Waals surface area contributed by atoms with Gasteiger partial charge in [0, 0.05) is 48.9 Å². The van der Waals surface area contributed by atoms with E-state index in [1.165, 1.54) is 12.4 Å². The number of aromatic nitrogens is 3. The van der Waals surface area contributed by atoms with Crippen molar-refractivity contribution < 1.29 is 9.59 Å². The maximum absolute atomic E-state index is 12.8. The van der Waals surface area contributed by atoms with Gasteiger partial charge in [0.1, 0.15) is 17.8 Å². The lowest BCUT2D eigenvalue weighted by Gasteiger charge is -2.15. The van der Waals surface area contributed by atoms with Gasteiger partial charge in [-0.2, -0.15) is 0 Å². The molecule has 2 aliphatic rings. The number of anilines is 1. The van der Waals surface area contributed by atoms with Gasteiger partial charge in [-0.25, -0.2) is 9.97 Å². The number of aryl methyl sites for hydroxylation is 1. The van der Waals surface area contributed by atoms with Crippen LogP contribution in [0.3, 0.4) is 0 Å². The molecule has 2 fully saturated rings. The Balaban J connectivity index is 1.56. The molecular formula is C24H26N6O2. The summed E-state index contributed by atoms with van der Waals surface area (Å²) in [6.45, 7) is 5.18. The highest BCUT2D eigenvalue weighted by atomic mass is 16.2. The van der Waals surface area contributed by atoms with Crippen molar-refractivity contribution in [1.29, 1.82) is 0 Å². The molecule has 1 saturated heterocycles. The van der Waals surface area contributed by atoms with Gasteiger partial charge in [0.2, 0.25) is 5.91 Å². The summed E-state index contributed by atoms with van der Waals surface area (Å²) in [4.78, 5) is 35.1. The maximum atomic E-state index is 12.8. The van der Waals surface area contributed by atoms with Crippen LogP contribution in [0.1, 0.15) is 41.2 Å². The van der Waals surface area contributed by atoms with Crippen LogP contribution < -0.4 is 11.1 Å². The van der Waals surface area contributed by atoms with E-state index in [0.29, 0.717) is 11.4 Å². The zero-order valence-electron chi connectivity index (χ0n) is 18.0.